The summed E-state index contributed by atoms with van der Waals surface area (Å²) >= 11 is 0. The molecule has 0 saturated carbocycles. The van der Waals surface area contributed by atoms with Crippen molar-refractivity contribution in [3.63, 3.8) is 0 Å². The molecule has 1 aromatic rings. The number of nitrogens with two attached hydrogens (primary N) is 1. The van der Waals surface area contributed by atoms with Crippen LogP contribution in [0, 0.1) is 0 Å². The van der Waals surface area contributed by atoms with Gasteiger partial charge >= 0.3 is 0 Å². The second kappa shape index (κ2) is 5.93. The normalized spacial score (nSPS) is 20.6. The first-order chi connectivity index (χ1) is 9.08. The first-order valence-electron chi connectivity index (χ1n) is 6.55. The van der Waals surface area contributed by atoms with E-state index < -0.39 is 0 Å². The number of nitrogens with zero attached hydrogens (tertiary/aromatic N) is 2. The highest BCUT2D eigenvalue weighted by Gasteiger charge is 2.28. The van der Waals surface area contributed by atoms with Gasteiger partial charge in [0.1, 0.15) is 12.4 Å². The van der Waals surface area contributed by atoms with Crippen LogP contribution in [0.4, 0.5) is 5.69 Å². The average Bonchev–Trinajstić information content (AvgIpc) is 2.41. The van der Waals surface area contributed by atoms with Crippen LogP contribution in [0.5, 0.6) is 5.75 Å². The highest BCUT2D eigenvalue weighted by molar-refractivity contribution is 5.81. The van der Waals surface area contributed by atoms with Crippen molar-refractivity contribution in [1.82, 2.24) is 9.80 Å². The molecule has 2 N–H and O–H groups in total. The number of carbonyl (C=O) groups excluding carboxylic acids is 1. The molecule has 1 aliphatic rings. The summed E-state index contributed by atoms with van der Waals surface area (Å²) in [5.74, 6) is 0.987. The van der Waals surface area contributed by atoms with Gasteiger partial charge in [-0.1, -0.05) is 0 Å². The minimum Gasteiger partial charge on any atom is -0.492 e. The molecule has 104 valence electrons. The molecular formula is C14H21N3O2. The van der Waals surface area contributed by atoms with Gasteiger partial charge in [0.15, 0.2) is 0 Å². The van der Waals surface area contributed by atoms with E-state index in [1.807, 2.05) is 38.2 Å². The Kier molecular flexibility index (Phi) is 4.27. The molecule has 0 bridgehead atoms. The van der Waals surface area contributed by atoms with Gasteiger partial charge in [-0.3, -0.25) is 9.69 Å². The molecule has 5 heteroatoms. The van der Waals surface area contributed by atoms with E-state index in [0.717, 1.165) is 31.1 Å². The third-order valence-corrected chi connectivity index (χ3v) is 3.53. The molecule has 1 saturated heterocycles. The summed E-state index contributed by atoms with van der Waals surface area (Å²) in [4.78, 5) is 15.8. The Hall–Kier alpha value is -1.75. The quantitative estimate of drug-likeness (QED) is 0.817. The molecule has 0 aliphatic carbocycles. The second-order valence-electron chi connectivity index (χ2n) is 4.89. The monoisotopic (exact) mass is 263 g/mol. The van der Waals surface area contributed by atoms with E-state index >= 15 is 0 Å². The number of ether oxygens (including phenoxy) is 1. The van der Waals surface area contributed by atoms with Crippen LogP contribution in [0.3, 0.4) is 0 Å². The molecule has 1 amide bonds. The van der Waals surface area contributed by atoms with Gasteiger partial charge in [-0.2, -0.15) is 0 Å². The van der Waals surface area contributed by atoms with Crippen LogP contribution in [-0.2, 0) is 4.79 Å². The van der Waals surface area contributed by atoms with Gasteiger partial charge in [-0.25, -0.2) is 0 Å². The van der Waals surface area contributed by atoms with Crippen LogP contribution in [-0.4, -0.2) is 55.0 Å². The zero-order chi connectivity index (χ0) is 13.8. The van der Waals surface area contributed by atoms with Gasteiger partial charge in [-0.15, -0.1) is 0 Å². The number of hydrogen-bond acceptors (Lipinski definition) is 4. The number of hydrogen-bond donors (Lipinski definition) is 1. The minimum atomic E-state index is -0.0613. The lowest BCUT2D eigenvalue weighted by Gasteiger charge is -2.37. The van der Waals surface area contributed by atoms with Crippen LogP contribution >= 0.6 is 0 Å². The molecule has 0 aromatic heterocycles. The standard InChI is InChI=1S/C14H21N3O2/c1-11-14(18)16(2)7-8-17(11)9-10-19-13-5-3-12(15)4-6-13/h3-6,11H,7-10,15H2,1-2H3/t11-/m1/s1. The van der Waals surface area contributed by atoms with Gasteiger partial charge in [0.25, 0.3) is 0 Å². The summed E-state index contributed by atoms with van der Waals surface area (Å²) in [5, 5.41) is 0. The first kappa shape index (κ1) is 13.7. The molecule has 0 radical (unpaired) electrons. The maximum atomic E-state index is 11.8. The van der Waals surface area contributed by atoms with Gasteiger partial charge in [-0.05, 0) is 31.2 Å². The predicted molar refractivity (Wildman–Crippen MR) is 75.0 cm³/mol. The number of amides is 1. The molecule has 0 unspecified atom stereocenters. The smallest absolute Gasteiger partial charge is 0.239 e. The SMILES string of the molecule is C[C@@H]1C(=O)N(C)CCN1CCOc1ccc(N)cc1. The van der Waals surface area contributed by atoms with Crippen molar-refractivity contribution in [3.05, 3.63) is 24.3 Å². The zero-order valence-corrected chi connectivity index (χ0v) is 11.5. The molecule has 1 aromatic carbocycles. The highest BCUT2D eigenvalue weighted by atomic mass is 16.5. The summed E-state index contributed by atoms with van der Waals surface area (Å²) in [6, 6.07) is 7.28. The fraction of sp³-hybridized carbons (Fsp3) is 0.500. The average molecular weight is 263 g/mol. The molecule has 2 rings (SSSR count). The number of likely N-dealkylation sites (N-methyl/N-ethyl adjacent to an activating group) is 1. The van der Waals surface area contributed by atoms with Crippen LogP contribution in [0.25, 0.3) is 0 Å². The fourth-order valence-corrected chi connectivity index (χ4v) is 2.21. The van der Waals surface area contributed by atoms with Crippen LogP contribution in [0.1, 0.15) is 6.92 Å². The number of benzene rings is 1. The maximum absolute atomic E-state index is 11.8. The van der Waals surface area contributed by atoms with E-state index in [1.165, 1.54) is 0 Å². The Morgan fingerprint density at radius 1 is 1.32 bits per heavy atom. The van der Waals surface area contributed by atoms with Gasteiger partial charge in [0.2, 0.25) is 5.91 Å². The molecule has 0 spiro atoms. The predicted octanol–water partition coefficient (Wildman–Crippen LogP) is 0.810. The van der Waals surface area contributed by atoms with Crippen LogP contribution in [0.2, 0.25) is 0 Å². The van der Waals surface area contributed by atoms with E-state index in [9.17, 15) is 4.79 Å². The summed E-state index contributed by atoms with van der Waals surface area (Å²) in [6.45, 7) is 4.96. The lowest BCUT2D eigenvalue weighted by Crippen LogP contribution is -2.55. The summed E-state index contributed by atoms with van der Waals surface area (Å²) in [5.41, 5.74) is 6.34. The topological polar surface area (TPSA) is 58.8 Å². The minimum absolute atomic E-state index is 0.0613. The molecule has 19 heavy (non-hydrogen) atoms. The molecule has 1 fully saturated rings. The second-order valence-corrected chi connectivity index (χ2v) is 4.89. The summed E-state index contributed by atoms with van der Waals surface area (Å²) in [6.07, 6.45) is 0. The summed E-state index contributed by atoms with van der Waals surface area (Å²) < 4.78 is 5.65. The van der Waals surface area contributed by atoms with Gasteiger partial charge < -0.3 is 15.4 Å². The van der Waals surface area contributed by atoms with Crippen molar-refractivity contribution >= 4 is 11.6 Å². The third-order valence-electron chi connectivity index (χ3n) is 3.53. The number of carbonyl (C=O) groups is 1. The maximum Gasteiger partial charge on any atom is 0.239 e. The Balaban J connectivity index is 1.79. The van der Waals surface area contributed by atoms with Crippen molar-refractivity contribution < 1.29 is 9.53 Å². The van der Waals surface area contributed by atoms with Crippen molar-refractivity contribution in [3.8, 4) is 5.75 Å². The van der Waals surface area contributed by atoms with E-state index in [0.29, 0.717) is 6.61 Å². The molecular weight excluding hydrogens is 242 g/mol. The van der Waals surface area contributed by atoms with Crippen LogP contribution in [0.15, 0.2) is 24.3 Å². The Labute approximate surface area is 113 Å². The van der Waals surface area contributed by atoms with Crippen molar-refractivity contribution in [2.45, 2.75) is 13.0 Å². The van der Waals surface area contributed by atoms with Crippen molar-refractivity contribution in [1.29, 1.82) is 0 Å². The summed E-state index contributed by atoms with van der Waals surface area (Å²) in [7, 11) is 1.85. The molecule has 5 nitrogen and oxygen atoms in total. The lowest BCUT2D eigenvalue weighted by molar-refractivity contribution is -0.139. The van der Waals surface area contributed by atoms with Gasteiger partial charge in [0.05, 0.1) is 6.04 Å². The van der Waals surface area contributed by atoms with E-state index in [4.69, 9.17) is 10.5 Å². The van der Waals surface area contributed by atoms with Crippen LogP contribution < -0.4 is 10.5 Å². The highest BCUT2D eigenvalue weighted by Crippen LogP contribution is 2.14. The largest absolute Gasteiger partial charge is 0.492 e. The first-order valence-corrected chi connectivity index (χ1v) is 6.55. The van der Waals surface area contributed by atoms with Crippen molar-refractivity contribution in [2.75, 3.05) is 39.0 Å². The Morgan fingerprint density at radius 2 is 2.00 bits per heavy atom. The van der Waals surface area contributed by atoms with E-state index in [2.05, 4.69) is 4.90 Å². The number of piperazine rings is 1. The van der Waals surface area contributed by atoms with Crippen molar-refractivity contribution in [2.24, 2.45) is 0 Å². The number of anilines is 1. The number of nitrogen functional groups attached to an aromatic ring is 1. The Bertz CT molecular complexity index is 433. The van der Waals surface area contributed by atoms with E-state index in [-0.39, 0.29) is 11.9 Å². The number of rotatable bonds is 4. The molecule has 1 atom stereocenters. The molecule has 1 heterocycles. The van der Waals surface area contributed by atoms with Gasteiger partial charge in [0, 0.05) is 32.4 Å². The Morgan fingerprint density at radius 3 is 2.68 bits per heavy atom. The lowest BCUT2D eigenvalue weighted by atomic mass is 10.2. The molecule has 1 aliphatic heterocycles. The third kappa shape index (κ3) is 3.38. The zero-order valence-electron chi connectivity index (χ0n) is 11.5. The fourth-order valence-electron chi connectivity index (χ4n) is 2.21. The van der Waals surface area contributed by atoms with E-state index in [1.54, 1.807) is 4.90 Å².